The molecule has 4 aromatic rings. The lowest BCUT2D eigenvalue weighted by molar-refractivity contribution is -0.109. The second-order valence-corrected chi connectivity index (χ2v) is 7.82. The van der Waals surface area contributed by atoms with Crippen LogP contribution in [0.2, 0.25) is 0 Å². The highest BCUT2D eigenvalue weighted by atomic mass is 16.2. The number of aromatic nitrogens is 2. The van der Waals surface area contributed by atoms with Gasteiger partial charge in [-0.15, -0.1) is 0 Å². The van der Waals surface area contributed by atoms with E-state index in [1.54, 1.807) is 10.7 Å². The maximum Gasteiger partial charge on any atom is 0.270 e. The van der Waals surface area contributed by atoms with Gasteiger partial charge in [0.25, 0.3) is 5.91 Å². The van der Waals surface area contributed by atoms with Crippen molar-refractivity contribution < 1.29 is 14.4 Å². The molecule has 0 bridgehead atoms. The van der Waals surface area contributed by atoms with E-state index in [0.29, 0.717) is 12.1 Å². The van der Waals surface area contributed by atoms with Crippen LogP contribution in [0.3, 0.4) is 0 Å². The van der Waals surface area contributed by atoms with Crippen LogP contribution in [-0.4, -0.2) is 34.8 Å². The second-order valence-electron chi connectivity index (χ2n) is 7.82. The van der Waals surface area contributed by atoms with Crippen LogP contribution in [0.1, 0.15) is 32.9 Å². The van der Waals surface area contributed by atoms with E-state index < -0.39 is 6.04 Å². The standard InChI is InChI=1S/C27H25N3O2.CH2O/c1-20-15-26(27(32)28-24(19-31)17-22-11-6-3-7-12-22)30(29-20)25-14-8-13-23(18-25)16-21-9-4-2-5-10-21;1-2/h2-15,18-19,24H,16-17H2,1H3,(H,28,32);1H2. The van der Waals surface area contributed by atoms with Crippen LogP contribution in [0.15, 0.2) is 91.0 Å². The summed E-state index contributed by atoms with van der Waals surface area (Å²) in [6.07, 6.45) is 2.01. The van der Waals surface area contributed by atoms with E-state index >= 15 is 0 Å². The SMILES string of the molecule is C=O.Cc1cc(C(=O)NC(C=O)Cc2ccccc2)n(-c2cccc(Cc3ccccc3)c2)n1. The zero-order chi connectivity index (χ0) is 24.3. The molecule has 1 atom stereocenters. The van der Waals surface area contributed by atoms with Gasteiger partial charge in [0.15, 0.2) is 0 Å². The summed E-state index contributed by atoms with van der Waals surface area (Å²) in [5, 5.41) is 7.38. The lowest BCUT2D eigenvalue weighted by Crippen LogP contribution is -2.38. The van der Waals surface area contributed by atoms with Gasteiger partial charge >= 0.3 is 0 Å². The number of rotatable bonds is 8. The average Bonchev–Trinajstić information content (AvgIpc) is 3.28. The highest BCUT2D eigenvalue weighted by Crippen LogP contribution is 2.17. The third-order valence-corrected chi connectivity index (χ3v) is 5.25. The smallest absolute Gasteiger partial charge is 0.270 e. The van der Waals surface area contributed by atoms with Crippen molar-refractivity contribution in [1.29, 1.82) is 0 Å². The van der Waals surface area contributed by atoms with Crippen LogP contribution < -0.4 is 5.32 Å². The van der Waals surface area contributed by atoms with Crippen molar-refractivity contribution in [3.63, 3.8) is 0 Å². The van der Waals surface area contributed by atoms with Gasteiger partial charge in [-0.3, -0.25) is 4.79 Å². The summed E-state index contributed by atoms with van der Waals surface area (Å²) in [6, 6.07) is 29.0. The first kappa shape index (κ1) is 24.3. The summed E-state index contributed by atoms with van der Waals surface area (Å²) in [7, 11) is 0. The van der Waals surface area contributed by atoms with Gasteiger partial charge < -0.3 is 14.9 Å². The number of nitrogens with zero attached hydrogens (tertiary/aromatic N) is 2. The fourth-order valence-electron chi connectivity index (χ4n) is 3.73. The molecule has 1 amide bonds. The molecule has 0 spiro atoms. The van der Waals surface area contributed by atoms with Gasteiger partial charge in [0.05, 0.1) is 17.4 Å². The molecule has 0 aliphatic heterocycles. The molecule has 4 rings (SSSR count). The first-order valence-corrected chi connectivity index (χ1v) is 10.9. The second kappa shape index (κ2) is 12.1. The molecular weight excluding hydrogens is 426 g/mol. The van der Waals surface area contributed by atoms with Crippen molar-refractivity contribution in [1.82, 2.24) is 15.1 Å². The molecule has 0 saturated carbocycles. The van der Waals surface area contributed by atoms with Crippen LogP contribution in [0, 0.1) is 6.92 Å². The van der Waals surface area contributed by atoms with Crippen molar-refractivity contribution in [2.24, 2.45) is 0 Å². The van der Waals surface area contributed by atoms with Crippen molar-refractivity contribution in [2.45, 2.75) is 25.8 Å². The largest absolute Gasteiger partial charge is 0.341 e. The maximum absolute atomic E-state index is 13.1. The van der Waals surface area contributed by atoms with E-state index in [0.717, 1.165) is 35.2 Å². The van der Waals surface area contributed by atoms with Gasteiger partial charge in [-0.25, -0.2) is 4.68 Å². The number of aryl methyl sites for hydroxylation is 1. The zero-order valence-electron chi connectivity index (χ0n) is 19.1. The lowest BCUT2D eigenvalue weighted by atomic mass is 10.0. The number of carbonyl (C=O) groups is 3. The number of aldehydes is 1. The van der Waals surface area contributed by atoms with Gasteiger partial charge in [-0.05, 0) is 54.7 Å². The molecule has 6 nitrogen and oxygen atoms in total. The Balaban J connectivity index is 0.00000158. The zero-order valence-corrected chi connectivity index (χ0v) is 19.1. The molecule has 3 aromatic carbocycles. The Labute approximate surface area is 199 Å². The van der Waals surface area contributed by atoms with Crippen molar-refractivity contribution in [3.8, 4) is 5.69 Å². The quantitative estimate of drug-likeness (QED) is 0.407. The number of benzene rings is 3. The highest BCUT2D eigenvalue weighted by molar-refractivity contribution is 5.94. The van der Waals surface area contributed by atoms with Gasteiger partial charge in [0.2, 0.25) is 0 Å². The van der Waals surface area contributed by atoms with E-state index in [1.807, 2.05) is 80.4 Å². The van der Waals surface area contributed by atoms with E-state index in [2.05, 4.69) is 28.6 Å². The number of carbonyl (C=O) groups excluding carboxylic acids is 3. The normalized spacial score (nSPS) is 11.1. The Hall–Kier alpha value is -4.32. The first-order chi connectivity index (χ1) is 16.6. The molecule has 34 heavy (non-hydrogen) atoms. The minimum absolute atomic E-state index is 0.327. The topological polar surface area (TPSA) is 81.1 Å². The Kier molecular flexibility index (Phi) is 8.63. The van der Waals surface area contributed by atoms with Crippen LogP contribution >= 0.6 is 0 Å². The fraction of sp³-hybridized carbons (Fsp3) is 0.143. The monoisotopic (exact) mass is 453 g/mol. The fourth-order valence-corrected chi connectivity index (χ4v) is 3.73. The predicted molar refractivity (Wildman–Crippen MR) is 132 cm³/mol. The van der Waals surface area contributed by atoms with E-state index in [1.165, 1.54) is 5.56 Å². The first-order valence-electron chi connectivity index (χ1n) is 10.9. The molecule has 1 N–H and O–H groups in total. The lowest BCUT2D eigenvalue weighted by Gasteiger charge is -2.14. The predicted octanol–water partition coefficient (Wildman–Crippen LogP) is 4.13. The molecule has 1 unspecified atom stereocenters. The Morgan fingerprint density at radius 2 is 1.53 bits per heavy atom. The van der Waals surface area contributed by atoms with Crippen LogP contribution in [0.5, 0.6) is 0 Å². The third-order valence-electron chi connectivity index (χ3n) is 5.25. The number of amides is 1. The molecule has 0 saturated heterocycles. The number of hydrogen-bond donors (Lipinski definition) is 1. The van der Waals surface area contributed by atoms with Gasteiger partial charge in [0, 0.05) is 0 Å². The summed E-state index contributed by atoms with van der Waals surface area (Å²) in [5.74, 6) is -0.327. The molecule has 172 valence electrons. The van der Waals surface area contributed by atoms with Crippen molar-refractivity contribution >= 4 is 19.0 Å². The molecule has 0 radical (unpaired) electrons. The summed E-state index contributed by atoms with van der Waals surface area (Å²) < 4.78 is 1.64. The molecule has 1 heterocycles. The molecule has 6 heteroatoms. The molecule has 0 fully saturated rings. The Morgan fingerprint density at radius 1 is 0.912 bits per heavy atom. The van der Waals surface area contributed by atoms with Gasteiger partial charge in [-0.2, -0.15) is 5.10 Å². The van der Waals surface area contributed by atoms with E-state index in [-0.39, 0.29) is 5.91 Å². The minimum atomic E-state index is -0.613. The Bertz CT molecular complexity index is 1220. The van der Waals surface area contributed by atoms with Crippen LogP contribution in [0.4, 0.5) is 0 Å². The Morgan fingerprint density at radius 3 is 2.18 bits per heavy atom. The summed E-state index contributed by atoms with van der Waals surface area (Å²) in [5.41, 5.74) is 5.27. The summed E-state index contributed by atoms with van der Waals surface area (Å²) >= 11 is 0. The van der Waals surface area contributed by atoms with Gasteiger partial charge in [-0.1, -0.05) is 72.8 Å². The van der Waals surface area contributed by atoms with E-state index in [9.17, 15) is 9.59 Å². The van der Waals surface area contributed by atoms with Gasteiger partial charge in [0.1, 0.15) is 18.8 Å². The van der Waals surface area contributed by atoms with Crippen LogP contribution in [0.25, 0.3) is 5.69 Å². The molecule has 1 aromatic heterocycles. The summed E-state index contributed by atoms with van der Waals surface area (Å²) in [6.45, 7) is 3.85. The van der Waals surface area contributed by atoms with E-state index in [4.69, 9.17) is 4.79 Å². The average molecular weight is 454 g/mol. The third kappa shape index (κ3) is 6.36. The molecule has 0 aliphatic rings. The van der Waals surface area contributed by atoms with Crippen LogP contribution in [-0.2, 0) is 22.4 Å². The number of hydrogen-bond acceptors (Lipinski definition) is 4. The summed E-state index contributed by atoms with van der Waals surface area (Å²) in [4.78, 5) is 32.7. The minimum Gasteiger partial charge on any atom is -0.341 e. The molecular formula is C28H27N3O3. The maximum atomic E-state index is 13.1. The molecule has 0 aliphatic carbocycles. The van der Waals surface area contributed by atoms with Crippen molar-refractivity contribution in [3.05, 3.63) is 119 Å². The highest BCUT2D eigenvalue weighted by Gasteiger charge is 2.19. The van der Waals surface area contributed by atoms with Crippen molar-refractivity contribution in [2.75, 3.05) is 0 Å². The number of nitrogens with one attached hydrogen (secondary N) is 1.